The summed E-state index contributed by atoms with van der Waals surface area (Å²) in [5.74, 6) is 0.821. The molecular weight excluding hydrogens is 300 g/mol. The number of aliphatic hydroxyl groups excluding tert-OH is 1. The predicted octanol–water partition coefficient (Wildman–Crippen LogP) is 3.80. The van der Waals surface area contributed by atoms with Crippen molar-refractivity contribution in [3.05, 3.63) is 50.6 Å². The highest BCUT2D eigenvalue weighted by Crippen LogP contribution is 2.31. The average molecular weight is 313 g/mol. The van der Waals surface area contributed by atoms with Gasteiger partial charge in [-0.3, -0.25) is 0 Å². The lowest BCUT2D eigenvalue weighted by Gasteiger charge is -2.11. The number of thiophene rings is 1. The summed E-state index contributed by atoms with van der Waals surface area (Å²) in [4.78, 5) is 0.961. The van der Waals surface area contributed by atoms with Crippen molar-refractivity contribution in [3.8, 4) is 5.75 Å². The second kappa shape index (κ2) is 5.67. The van der Waals surface area contributed by atoms with Gasteiger partial charge >= 0.3 is 0 Å². The Bertz CT molecular complexity index is 496. The fourth-order valence-electron chi connectivity index (χ4n) is 1.69. The van der Waals surface area contributed by atoms with Crippen LogP contribution in [0.2, 0.25) is 0 Å². The number of hydrogen-bond acceptors (Lipinski definition) is 3. The molecule has 0 bridgehead atoms. The molecule has 4 heteroatoms. The lowest BCUT2D eigenvalue weighted by Crippen LogP contribution is -2.01. The number of hydrogen-bond donors (Lipinski definition) is 1. The molecule has 1 aromatic heterocycles. The number of para-hydroxylation sites is 1. The summed E-state index contributed by atoms with van der Waals surface area (Å²) in [6, 6.07) is 11.7. The van der Waals surface area contributed by atoms with E-state index in [1.807, 2.05) is 36.4 Å². The Balaban J connectivity index is 2.15. The SMILES string of the molecule is COc1ccccc1CC(O)c1ccc(Br)s1. The van der Waals surface area contributed by atoms with Crippen molar-refractivity contribution in [1.29, 1.82) is 0 Å². The first kappa shape index (κ1) is 12.6. The van der Waals surface area contributed by atoms with Gasteiger partial charge < -0.3 is 9.84 Å². The molecule has 0 saturated heterocycles. The van der Waals surface area contributed by atoms with Crippen LogP contribution >= 0.6 is 27.3 Å². The van der Waals surface area contributed by atoms with E-state index in [-0.39, 0.29) is 0 Å². The lowest BCUT2D eigenvalue weighted by molar-refractivity contribution is 0.181. The fourth-order valence-corrected chi connectivity index (χ4v) is 3.10. The smallest absolute Gasteiger partial charge is 0.122 e. The van der Waals surface area contributed by atoms with E-state index in [9.17, 15) is 5.11 Å². The molecular formula is C13H13BrO2S. The molecule has 1 unspecified atom stereocenters. The van der Waals surface area contributed by atoms with Crippen molar-refractivity contribution in [2.24, 2.45) is 0 Å². The van der Waals surface area contributed by atoms with Crippen LogP contribution in [0.15, 0.2) is 40.2 Å². The normalized spacial score (nSPS) is 12.4. The summed E-state index contributed by atoms with van der Waals surface area (Å²) in [5.41, 5.74) is 1.02. The highest BCUT2D eigenvalue weighted by Gasteiger charge is 2.13. The van der Waals surface area contributed by atoms with Gasteiger partial charge in [0.15, 0.2) is 0 Å². The van der Waals surface area contributed by atoms with E-state index in [0.717, 1.165) is 20.0 Å². The quantitative estimate of drug-likeness (QED) is 0.930. The van der Waals surface area contributed by atoms with Gasteiger partial charge in [0.25, 0.3) is 0 Å². The predicted molar refractivity (Wildman–Crippen MR) is 73.7 cm³/mol. The van der Waals surface area contributed by atoms with E-state index in [4.69, 9.17) is 4.74 Å². The summed E-state index contributed by atoms with van der Waals surface area (Å²) in [6.07, 6.45) is 0.0827. The Morgan fingerprint density at radius 2 is 2.06 bits per heavy atom. The molecule has 0 spiro atoms. The molecule has 2 nitrogen and oxygen atoms in total. The Morgan fingerprint density at radius 1 is 1.29 bits per heavy atom. The van der Waals surface area contributed by atoms with Crippen molar-refractivity contribution in [2.45, 2.75) is 12.5 Å². The monoisotopic (exact) mass is 312 g/mol. The second-order valence-corrected chi connectivity index (χ2v) is 6.17. The molecule has 0 aliphatic rings. The van der Waals surface area contributed by atoms with E-state index >= 15 is 0 Å². The van der Waals surface area contributed by atoms with Crippen LogP contribution in [0.25, 0.3) is 0 Å². The molecule has 17 heavy (non-hydrogen) atoms. The van der Waals surface area contributed by atoms with E-state index in [0.29, 0.717) is 6.42 Å². The maximum absolute atomic E-state index is 10.1. The molecule has 0 amide bonds. The summed E-state index contributed by atoms with van der Waals surface area (Å²) in [6.45, 7) is 0. The molecule has 0 aliphatic carbocycles. The number of rotatable bonds is 4. The number of ether oxygens (including phenoxy) is 1. The third-order valence-corrected chi connectivity index (χ3v) is 4.25. The lowest BCUT2D eigenvalue weighted by atomic mass is 10.1. The molecule has 2 aromatic rings. The molecule has 2 rings (SSSR count). The van der Waals surface area contributed by atoms with Crippen LogP contribution in [0.3, 0.4) is 0 Å². The zero-order valence-electron chi connectivity index (χ0n) is 9.39. The van der Waals surface area contributed by atoms with E-state index in [2.05, 4.69) is 15.9 Å². The highest BCUT2D eigenvalue weighted by atomic mass is 79.9. The molecule has 0 aliphatic heterocycles. The summed E-state index contributed by atoms with van der Waals surface area (Å²) in [5, 5.41) is 10.1. The van der Waals surface area contributed by atoms with Gasteiger partial charge in [0.1, 0.15) is 5.75 Å². The van der Waals surface area contributed by atoms with Gasteiger partial charge in [-0.2, -0.15) is 0 Å². The van der Waals surface area contributed by atoms with Gasteiger partial charge in [0.05, 0.1) is 17.0 Å². The Kier molecular flexibility index (Phi) is 4.20. The van der Waals surface area contributed by atoms with Gasteiger partial charge in [0, 0.05) is 11.3 Å². The van der Waals surface area contributed by atoms with Gasteiger partial charge in [0.2, 0.25) is 0 Å². The van der Waals surface area contributed by atoms with Crippen LogP contribution in [0.1, 0.15) is 16.5 Å². The number of aliphatic hydroxyl groups is 1. The zero-order valence-corrected chi connectivity index (χ0v) is 11.8. The first-order valence-electron chi connectivity index (χ1n) is 5.26. The van der Waals surface area contributed by atoms with Crippen LogP contribution in [0, 0.1) is 0 Å². The largest absolute Gasteiger partial charge is 0.496 e. The first-order valence-corrected chi connectivity index (χ1v) is 6.87. The van der Waals surface area contributed by atoms with Crippen molar-refractivity contribution >= 4 is 27.3 Å². The van der Waals surface area contributed by atoms with Crippen LogP contribution in [-0.4, -0.2) is 12.2 Å². The van der Waals surface area contributed by atoms with Gasteiger partial charge in [-0.15, -0.1) is 11.3 Å². The highest BCUT2D eigenvalue weighted by molar-refractivity contribution is 9.11. The standard InChI is InChI=1S/C13H13BrO2S/c1-16-11-5-3-2-4-9(11)8-10(15)12-6-7-13(14)17-12/h2-7,10,15H,8H2,1H3. The van der Waals surface area contributed by atoms with Crippen LogP contribution in [-0.2, 0) is 6.42 Å². The van der Waals surface area contributed by atoms with Gasteiger partial charge in [-0.25, -0.2) is 0 Å². The zero-order chi connectivity index (χ0) is 12.3. The molecule has 90 valence electrons. The van der Waals surface area contributed by atoms with Gasteiger partial charge in [-0.1, -0.05) is 18.2 Å². The van der Waals surface area contributed by atoms with E-state index < -0.39 is 6.10 Å². The van der Waals surface area contributed by atoms with Gasteiger partial charge in [-0.05, 0) is 39.7 Å². The molecule has 1 atom stereocenters. The molecule has 1 heterocycles. The molecule has 0 radical (unpaired) electrons. The van der Waals surface area contributed by atoms with Crippen molar-refractivity contribution in [2.75, 3.05) is 7.11 Å². The molecule has 0 fully saturated rings. The Labute approximate surface area is 113 Å². The maximum atomic E-state index is 10.1. The Morgan fingerprint density at radius 3 is 2.71 bits per heavy atom. The van der Waals surface area contributed by atoms with Crippen LogP contribution in [0.4, 0.5) is 0 Å². The summed E-state index contributed by atoms with van der Waals surface area (Å²) >= 11 is 4.95. The molecule has 0 saturated carbocycles. The fraction of sp³-hybridized carbons (Fsp3) is 0.231. The van der Waals surface area contributed by atoms with Crippen molar-refractivity contribution in [1.82, 2.24) is 0 Å². The Hall–Kier alpha value is -0.840. The minimum Gasteiger partial charge on any atom is -0.496 e. The van der Waals surface area contributed by atoms with Crippen LogP contribution < -0.4 is 4.74 Å². The number of methoxy groups -OCH3 is 1. The first-order chi connectivity index (χ1) is 8.20. The third kappa shape index (κ3) is 3.09. The molecule has 1 aromatic carbocycles. The topological polar surface area (TPSA) is 29.5 Å². The van der Waals surface area contributed by atoms with Crippen LogP contribution in [0.5, 0.6) is 5.75 Å². The average Bonchev–Trinajstić information content (AvgIpc) is 2.77. The van der Waals surface area contributed by atoms with Crippen molar-refractivity contribution in [3.63, 3.8) is 0 Å². The third-order valence-electron chi connectivity index (χ3n) is 2.53. The minimum atomic E-state index is -0.484. The summed E-state index contributed by atoms with van der Waals surface area (Å²) in [7, 11) is 1.65. The second-order valence-electron chi connectivity index (χ2n) is 3.67. The van der Waals surface area contributed by atoms with E-state index in [1.165, 1.54) is 0 Å². The summed E-state index contributed by atoms with van der Waals surface area (Å²) < 4.78 is 6.30. The minimum absolute atomic E-state index is 0.484. The number of benzene rings is 1. The van der Waals surface area contributed by atoms with E-state index in [1.54, 1.807) is 18.4 Å². The van der Waals surface area contributed by atoms with Crippen molar-refractivity contribution < 1.29 is 9.84 Å². The maximum Gasteiger partial charge on any atom is 0.122 e. The molecule has 1 N–H and O–H groups in total. The number of halogens is 1.